The zero-order chi connectivity index (χ0) is 19.9. The van der Waals surface area contributed by atoms with Crippen LogP contribution in [-0.4, -0.2) is 35.3 Å². The van der Waals surface area contributed by atoms with Crippen LogP contribution < -0.4 is 5.32 Å². The molecule has 0 spiro atoms. The Labute approximate surface area is 165 Å². The molecule has 3 rings (SSSR count). The summed E-state index contributed by atoms with van der Waals surface area (Å²) in [5.41, 5.74) is 2.26. The number of carbonyl (C=O) groups is 2. The molecule has 0 radical (unpaired) electrons. The number of hydrogen-bond donors (Lipinski definition) is 1. The number of benzene rings is 2. The van der Waals surface area contributed by atoms with E-state index >= 15 is 0 Å². The molecule has 28 heavy (non-hydrogen) atoms. The third-order valence-corrected chi connectivity index (χ3v) is 4.69. The lowest BCUT2D eigenvalue weighted by molar-refractivity contribution is -0.152. The molecule has 0 fully saturated rings. The van der Waals surface area contributed by atoms with Crippen molar-refractivity contribution in [2.75, 3.05) is 12.3 Å². The second-order valence-electron chi connectivity index (χ2n) is 6.04. The van der Waals surface area contributed by atoms with Crippen molar-refractivity contribution in [3.8, 4) is 0 Å². The van der Waals surface area contributed by atoms with Crippen molar-refractivity contribution in [3.05, 3.63) is 59.9 Å². The summed E-state index contributed by atoms with van der Waals surface area (Å²) in [7, 11) is 0. The van der Waals surface area contributed by atoms with Gasteiger partial charge in [0.1, 0.15) is 17.1 Å². The zero-order valence-corrected chi connectivity index (χ0v) is 16.0. The minimum atomic E-state index is -0.912. The van der Waals surface area contributed by atoms with Crippen molar-refractivity contribution in [2.24, 2.45) is 0 Å². The van der Waals surface area contributed by atoms with E-state index in [-0.39, 0.29) is 17.5 Å². The number of nitrogens with one attached hydrogen (secondary N) is 1. The van der Waals surface area contributed by atoms with Crippen LogP contribution >= 0.6 is 11.8 Å². The van der Waals surface area contributed by atoms with Crippen LogP contribution in [0.1, 0.15) is 12.5 Å². The minimum Gasteiger partial charge on any atom is -0.452 e. The number of thioether (sulfide) groups is 1. The fraction of sp³-hybridized carbons (Fsp3) is 0.250. The van der Waals surface area contributed by atoms with E-state index in [4.69, 9.17) is 9.15 Å². The third kappa shape index (κ3) is 5.56. The van der Waals surface area contributed by atoms with E-state index in [1.165, 1.54) is 19.1 Å². The maximum absolute atomic E-state index is 12.9. The normalized spacial score (nSPS) is 11.9. The minimum absolute atomic E-state index is 0.0139. The molecule has 2 aromatic carbocycles. The predicted molar refractivity (Wildman–Crippen MR) is 103 cm³/mol. The first kappa shape index (κ1) is 19.9. The lowest BCUT2D eigenvalue weighted by Gasteiger charge is -2.13. The standard InChI is InChI=1S/C20H19FN2O4S/c1-13(19(25)22-11-10-14-6-8-15(21)9-7-14)26-18(24)12-28-20-23-16-4-2-3-5-17(16)27-20/h2-9,13H,10-12H2,1H3,(H,22,25)/t13-/m0/s1. The highest BCUT2D eigenvalue weighted by Crippen LogP contribution is 2.23. The van der Waals surface area contributed by atoms with Crippen LogP contribution in [0.5, 0.6) is 0 Å². The molecule has 1 aromatic heterocycles. The monoisotopic (exact) mass is 402 g/mol. The Bertz CT molecular complexity index is 925. The van der Waals surface area contributed by atoms with Gasteiger partial charge in [-0.05, 0) is 43.2 Å². The Morgan fingerprint density at radius 3 is 2.71 bits per heavy atom. The third-order valence-electron chi connectivity index (χ3n) is 3.89. The molecule has 0 saturated carbocycles. The summed E-state index contributed by atoms with van der Waals surface area (Å²) in [6.45, 7) is 1.87. The fourth-order valence-electron chi connectivity index (χ4n) is 2.44. The van der Waals surface area contributed by atoms with Gasteiger partial charge in [-0.15, -0.1) is 0 Å². The van der Waals surface area contributed by atoms with E-state index in [0.29, 0.717) is 29.3 Å². The van der Waals surface area contributed by atoms with E-state index in [1.54, 1.807) is 18.2 Å². The average Bonchev–Trinajstić information content (AvgIpc) is 3.11. The van der Waals surface area contributed by atoms with Gasteiger partial charge in [-0.1, -0.05) is 36.0 Å². The largest absolute Gasteiger partial charge is 0.452 e. The first-order valence-corrected chi connectivity index (χ1v) is 9.70. The summed E-state index contributed by atoms with van der Waals surface area (Å²) >= 11 is 1.11. The van der Waals surface area contributed by atoms with Crippen LogP contribution in [0.15, 0.2) is 58.2 Å². The molecule has 0 aliphatic carbocycles. The van der Waals surface area contributed by atoms with Crippen LogP contribution in [0.4, 0.5) is 4.39 Å². The molecule has 1 heterocycles. The molecule has 0 aliphatic heterocycles. The number of hydrogen-bond acceptors (Lipinski definition) is 6. The molecule has 146 valence electrons. The number of ether oxygens (including phenoxy) is 1. The predicted octanol–water partition coefficient (Wildman–Crippen LogP) is 3.35. The Kier molecular flexibility index (Phi) is 6.65. The number of esters is 1. The number of rotatable bonds is 8. The van der Waals surface area contributed by atoms with Gasteiger partial charge in [-0.2, -0.15) is 0 Å². The topological polar surface area (TPSA) is 81.4 Å². The number of nitrogens with zero attached hydrogens (tertiary/aromatic N) is 1. The molecule has 0 bridgehead atoms. The van der Waals surface area contributed by atoms with Gasteiger partial charge in [0.2, 0.25) is 0 Å². The highest BCUT2D eigenvalue weighted by Gasteiger charge is 2.18. The van der Waals surface area contributed by atoms with E-state index in [1.807, 2.05) is 18.2 Å². The highest BCUT2D eigenvalue weighted by molar-refractivity contribution is 7.99. The summed E-state index contributed by atoms with van der Waals surface area (Å²) < 4.78 is 23.5. The Hall–Kier alpha value is -2.87. The van der Waals surface area contributed by atoms with Crippen LogP contribution in [0.3, 0.4) is 0 Å². The lowest BCUT2D eigenvalue weighted by Crippen LogP contribution is -2.37. The van der Waals surface area contributed by atoms with E-state index in [9.17, 15) is 14.0 Å². The van der Waals surface area contributed by atoms with Crippen molar-refractivity contribution in [1.29, 1.82) is 0 Å². The quantitative estimate of drug-likeness (QED) is 0.460. The molecule has 0 saturated heterocycles. The lowest BCUT2D eigenvalue weighted by atomic mass is 10.1. The SMILES string of the molecule is C[C@H](OC(=O)CSc1nc2ccccc2o1)C(=O)NCCc1ccc(F)cc1. The zero-order valence-electron chi connectivity index (χ0n) is 15.2. The van der Waals surface area contributed by atoms with Gasteiger partial charge in [0.05, 0.1) is 0 Å². The molecule has 1 amide bonds. The molecule has 0 aliphatic rings. The van der Waals surface area contributed by atoms with Crippen LogP contribution in [-0.2, 0) is 20.7 Å². The summed E-state index contributed by atoms with van der Waals surface area (Å²) in [6.07, 6.45) is -0.356. The second-order valence-corrected chi connectivity index (χ2v) is 6.96. The summed E-state index contributed by atoms with van der Waals surface area (Å²) in [6, 6.07) is 13.4. The maximum Gasteiger partial charge on any atom is 0.317 e. The van der Waals surface area contributed by atoms with Crippen LogP contribution in [0.25, 0.3) is 11.1 Å². The number of carbonyl (C=O) groups excluding carboxylic acids is 2. The van der Waals surface area contributed by atoms with Gasteiger partial charge in [-0.3, -0.25) is 9.59 Å². The van der Waals surface area contributed by atoms with Gasteiger partial charge in [0.25, 0.3) is 11.1 Å². The van der Waals surface area contributed by atoms with Crippen molar-refractivity contribution >= 4 is 34.7 Å². The molecule has 3 aromatic rings. The van der Waals surface area contributed by atoms with Gasteiger partial charge in [0, 0.05) is 6.54 Å². The number of aromatic nitrogens is 1. The smallest absolute Gasteiger partial charge is 0.317 e. The van der Waals surface area contributed by atoms with Gasteiger partial charge in [0.15, 0.2) is 11.7 Å². The van der Waals surface area contributed by atoms with Gasteiger partial charge < -0.3 is 14.5 Å². The number of halogens is 1. The van der Waals surface area contributed by atoms with E-state index < -0.39 is 12.1 Å². The summed E-state index contributed by atoms with van der Waals surface area (Å²) in [4.78, 5) is 28.2. The van der Waals surface area contributed by atoms with Gasteiger partial charge >= 0.3 is 5.97 Å². The summed E-state index contributed by atoms with van der Waals surface area (Å²) in [5, 5.41) is 3.06. The Morgan fingerprint density at radius 1 is 1.21 bits per heavy atom. The number of oxazole rings is 1. The number of para-hydroxylation sites is 2. The molecule has 0 unspecified atom stereocenters. The molecule has 1 atom stereocenters. The number of fused-ring (bicyclic) bond motifs is 1. The number of amides is 1. The Morgan fingerprint density at radius 2 is 1.96 bits per heavy atom. The first-order chi connectivity index (χ1) is 13.5. The van der Waals surface area contributed by atoms with E-state index in [0.717, 1.165) is 17.3 Å². The average molecular weight is 402 g/mol. The van der Waals surface area contributed by atoms with E-state index in [2.05, 4.69) is 10.3 Å². The second kappa shape index (κ2) is 9.36. The molecular weight excluding hydrogens is 383 g/mol. The van der Waals surface area contributed by atoms with Crippen molar-refractivity contribution in [2.45, 2.75) is 24.7 Å². The van der Waals surface area contributed by atoms with Crippen molar-refractivity contribution in [1.82, 2.24) is 10.3 Å². The molecule has 6 nitrogen and oxygen atoms in total. The van der Waals surface area contributed by atoms with Gasteiger partial charge in [-0.25, -0.2) is 9.37 Å². The maximum atomic E-state index is 12.9. The van der Waals surface area contributed by atoms with Crippen molar-refractivity contribution < 1.29 is 23.1 Å². The fourth-order valence-corrected chi connectivity index (χ4v) is 3.06. The van der Waals surface area contributed by atoms with Crippen molar-refractivity contribution in [3.63, 3.8) is 0 Å². The Balaban J connectivity index is 1.39. The first-order valence-electron chi connectivity index (χ1n) is 8.71. The molecule has 8 heteroatoms. The van der Waals surface area contributed by atoms with Crippen LogP contribution in [0, 0.1) is 5.82 Å². The molecular formula is C20H19FN2O4S. The highest BCUT2D eigenvalue weighted by atomic mass is 32.2. The summed E-state index contributed by atoms with van der Waals surface area (Å²) in [5.74, 6) is -1.24. The molecule has 1 N–H and O–H groups in total. The van der Waals surface area contributed by atoms with Crippen LogP contribution in [0.2, 0.25) is 0 Å².